The lowest BCUT2D eigenvalue weighted by Gasteiger charge is -2.27. The lowest BCUT2D eigenvalue weighted by Crippen LogP contribution is -2.39. The largest absolute Gasteiger partial charge is 0.409 e. The number of rotatable bonds is 5. The average molecular weight is 298 g/mol. The second-order valence-corrected chi connectivity index (χ2v) is 5.25. The summed E-state index contributed by atoms with van der Waals surface area (Å²) >= 11 is 6.19. The Labute approximate surface area is 124 Å². The third-order valence-electron chi connectivity index (χ3n) is 3.04. The highest BCUT2D eigenvalue weighted by molar-refractivity contribution is 6.34. The second kappa shape index (κ2) is 7.14. The Morgan fingerprint density at radius 3 is 2.70 bits per heavy atom. The van der Waals surface area contributed by atoms with Crippen LogP contribution in [0.4, 0.5) is 0 Å². The number of halogens is 1. The van der Waals surface area contributed by atoms with Crippen LogP contribution >= 0.6 is 11.6 Å². The molecular formula is C14H20ClN3O2. The number of carbonyl (C=O) groups excluding carboxylic acids is 1. The topological polar surface area (TPSA) is 78.9 Å². The third kappa shape index (κ3) is 3.87. The van der Waals surface area contributed by atoms with Gasteiger partial charge in [-0.3, -0.25) is 4.79 Å². The van der Waals surface area contributed by atoms with E-state index in [0.717, 1.165) is 5.56 Å². The van der Waals surface area contributed by atoms with Crippen molar-refractivity contribution >= 4 is 23.3 Å². The van der Waals surface area contributed by atoms with E-state index in [1.54, 1.807) is 17.0 Å². The van der Waals surface area contributed by atoms with Gasteiger partial charge in [0.1, 0.15) is 5.84 Å². The Morgan fingerprint density at radius 1 is 1.50 bits per heavy atom. The van der Waals surface area contributed by atoms with E-state index in [1.807, 2.05) is 26.8 Å². The number of hydrogen-bond acceptors (Lipinski definition) is 3. The number of aryl methyl sites for hydroxylation is 1. The summed E-state index contributed by atoms with van der Waals surface area (Å²) in [5, 5.41) is 11.9. The Hall–Kier alpha value is -1.75. The fourth-order valence-corrected chi connectivity index (χ4v) is 2.05. The number of amidine groups is 1. The molecule has 5 nitrogen and oxygen atoms in total. The molecule has 0 heterocycles. The molecule has 0 atom stereocenters. The summed E-state index contributed by atoms with van der Waals surface area (Å²) in [5.41, 5.74) is 6.78. The van der Waals surface area contributed by atoms with E-state index in [0.29, 0.717) is 23.6 Å². The van der Waals surface area contributed by atoms with Crippen molar-refractivity contribution < 1.29 is 10.0 Å². The van der Waals surface area contributed by atoms with Gasteiger partial charge < -0.3 is 15.8 Å². The van der Waals surface area contributed by atoms with Gasteiger partial charge in [-0.25, -0.2) is 0 Å². The highest BCUT2D eigenvalue weighted by atomic mass is 35.5. The highest BCUT2D eigenvalue weighted by Gasteiger charge is 2.21. The zero-order valence-electron chi connectivity index (χ0n) is 11.9. The number of carbonyl (C=O) groups is 1. The van der Waals surface area contributed by atoms with E-state index in [-0.39, 0.29) is 17.8 Å². The second-order valence-electron chi connectivity index (χ2n) is 4.87. The predicted octanol–water partition coefficient (Wildman–Crippen LogP) is 2.64. The van der Waals surface area contributed by atoms with Gasteiger partial charge in [-0.15, -0.1) is 0 Å². The molecule has 0 radical (unpaired) electrons. The zero-order chi connectivity index (χ0) is 15.3. The van der Waals surface area contributed by atoms with Gasteiger partial charge in [0.2, 0.25) is 0 Å². The summed E-state index contributed by atoms with van der Waals surface area (Å²) in [6.45, 7) is 6.05. The lowest BCUT2D eigenvalue weighted by molar-refractivity contribution is 0.0711. The van der Waals surface area contributed by atoms with E-state index >= 15 is 0 Å². The molecule has 0 aliphatic rings. The Kier molecular flexibility index (Phi) is 5.82. The molecule has 3 N–H and O–H groups in total. The van der Waals surface area contributed by atoms with Crippen molar-refractivity contribution in [2.45, 2.75) is 33.2 Å². The Balaban J connectivity index is 2.97. The molecule has 1 amide bonds. The number of nitrogens with two attached hydrogens (primary N) is 1. The van der Waals surface area contributed by atoms with Crippen molar-refractivity contribution in [3.8, 4) is 0 Å². The summed E-state index contributed by atoms with van der Waals surface area (Å²) < 4.78 is 0. The molecule has 0 aliphatic heterocycles. The van der Waals surface area contributed by atoms with Crippen LogP contribution in [-0.2, 0) is 0 Å². The van der Waals surface area contributed by atoms with Crippen LogP contribution in [0.15, 0.2) is 23.4 Å². The molecule has 0 unspecified atom stereocenters. The first-order valence-electron chi connectivity index (χ1n) is 6.41. The molecular weight excluding hydrogens is 278 g/mol. The molecule has 20 heavy (non-hydrogen) atoms. The van der Waals surface area contributed by atoms with Crippen LogP contribution in [0, 0.1) is 6.92 Å². The lowest BCUT2D eigenvalue weighted by atomic mass is 10.1. The fourth-order valence-electron chi connectivity index (χ4n) is 1.85. The van der Waals surface area contributed by atoms with Gasteiger partial charge in [-0.2, -0.15) is 0 Å². The van der Waals surface area contributed by atoms with Gasteiger partial charge in [0.15, 0.2) is 0 Å². The van der Waals surface area contributed by atoms with Crippen molar-refractivity contribution in [1.82, 2.24) is 4.90 Å². The van der Waals surface area contributed by atoms with Crippen LogP contribution in [-0.4, -0.2) is 34.4 Å². The van der Waals surface area contributed by atoms with E-state index in [1.165, 1.54) is 0 Å². The normalized spacial score (nSPS) is 11.8. The van der Waals surface area contributed by atoms with E-state index < -0.39 is 0 Å². The SMILES string of the molecule is Cc1cccc(C(=O)N(CC/C(N)=N/O)C(C)C)c1Cl. The summed E-state index contributed by atoms with van der Waals surface area (Å²) in [7, 11) is 0. The van der Waals surface area contributed by atoms with Crippen LogP contribution < -0.4 is 5.73 Å². The number of oxime groups is 1. The smallest absolute Gasteiger partial charge is 0.255 e. The van der Waals surface area contributed by atoms with Crippen LogP contribution in [0.3, 0.4) is 0 Å². The number of nitrogens with zero attached hydrogens (tertiary/aromatic N) is 2. The summed E-state index contributed by atoms with van der Waals surface area (Å²) in [6, 6.07) is 5.35. The molecule has 1 aromatic rings. The number of amides is 1. The fraction of sp³-hybridized carbons (Fsp3) is 0.429. The molecule has 0 aromatic heterocycles. The van der Waals surface area contributed by atoms with Crippen molar-refractivity contribution in [2.75, 3.05) is 6.54 Å². The Morgan fingerprint density at radius 2 is 2.15 bits per heavy atom. The minimum absolute atomic E-state index is 0.00873. The first-order valence-corrected chi connectivity index (χ1v) is 6.78. The maximum Gasteiger partial charge on any atom is 0.255 e. The maximum atomic E-state index is 12.6. The van der Waals surface area contributed by atoms with Crippen molar-refractivity contribution in [3.63, 3.8) is 0 Å². The first kappa shape index (κ1) is 16.3. The van der Waals surface area contributed by atoms with Crippen molar-refractivity contribution in [2.24, 2.45) is 10.9 Å². The molecule has 0 saturated heterocycles. The van der Waals surface area contributed by atoms with Gasteiger partial charge >= 0.3 is 0 Å². The van der Waals surface area contributed by atoms with Crippen molar-refractivity contribution in [3.05, 3.63) is 34.3 Å². The number of benzene rings is 1. The molecule has 6 heteroatoms. The van der Waals surface area contributed by atoms with E-state index in [9.17, 15) is 4.79 Å². The van der Waals surface area contributed by atoms with Gasteiger partial charge in [-0.05, 0) is 32.4 Å². The van der Waals surface area contributed by atoms with Gasteiger partial charge in [-0.1, -0.05) is 28.9 Å². The quantitative estimate of drug-likeness (QED) is 0.379. The Bertz CT molecular complexity index is 515. The molecule has 0 spiro atoms. The third-order valence-corrected chi connectivity index (χ3v) is 3.55. The minimum Gasteiger partial charge on any atom is -0.409 e. The van der Waals surface area contributed by atoms with Gasteiger partial charge in [0.05, 0.1) is 10.6 Å². The average Bonchev–Trinajstić information content (AvgIpc) is 2.41. The van der Waals surface area contributed by atoms with E-state index in [4.69, 9.17) is 22.5 Å². The molecule has 0 saturated carbocycles. The molecule has 0 bridgehead atoms. The molecule has 1 aromatic carbocycles. The standard InChI is InChI=1S/C14H20ClN3O2/c1-9(2)18(8-7-12(16)17-20)14(19)11-6-4-5-10(3)13(11)15/h4-6,9,20H,7-8H2,1-3H3,(H2,16,17). The monoisotopic (exact) mass is 297 g/mol. The summed E-state index contributed by atoms with van der Waals surface area (Å²) in [5.74, 6) is -0.0572. The van der Waals surface area contributed by atoms with Crippen LogP contribution in [0.5, 0.6) is 0 Å². The zero-order valence-corrected chi connectivity index (χ0v) is 12.7. The molecule has 1 rings (SSSR count). The predicted molar refractivity (Wildman–Crippen MR) is 80.4 cm³/mol. The van der Waals surface area contributed by atoms with Crippen molar-refractivity contribution in [1.29, 1.82) is 0 Å². The maximum absolute atomic E-state index is 12.6. The van der Waals surface area contributed by atoms with Gasteiger partial charge in [0, 0.05) is 19.0 Å². The first-order chi connectivity index (χ1) is 9.38. The highest BCUT2D eigenvalue weighted by Crippen LogP contribution is 2.22. The van der Waals surface area contributed by atoms with Crippen LogP contribution in [0.2, 0.25) is 5.02 Å². The van der Waals surface area contributed by atoms with Gasteiger partial charge in [0.25, 0.3) is 5.91 Å². The summed E-state index contributed by atoms with van der Waals surface area (Å²) in [6.07, 6.45) is 0.309. The molecule has 0 aliphatic carbocycles. The number of hydrogen-bond donors (Lipinski definition) is 2. The van der Waals surface area contributed by atoms with E-state index in [2.05, 4.69) is 5.16 Å². The van der Waals surface area contributed by atoms with Crippen LogP contribution in [0.25, 0.3) is 0 Å². The summed E-state index contributed by atoms with van der Waals surface area (Å²) in [4.78, 5) is 14.2. The molecule has 110 valence electrons. The minimum atomic E-state index is -0.153. The molecule has 0 fully saturated rings. The van der Waals surface area contributed by atoms with Crippen LogP contribution in [0.1, 0.15) is 36.2 Å².